The molecule has 0 atom stereocenters. The first kappa shape index (κ1) is 11.5. The number of nitrogens with one attached hydrogen (secondary N) is 1. The molecule has 0 saturated carbocycles. The Bertz CT molecular complexity index is 364. The van der Waals surface area contributed by atoms with Crippen LogP contribution in [0.15, 0.2) is 18.2 Å². The predicted molar refractivity (Wildman–Crippen MR) is 56.5 cm³/mol. The fraction of sp³-hybridized carbons (Fsp3) is 0.364. The van der Waals surface area contributed by atoms with Crippen molar-refractivity contribution >= 4 is 11.8 Å². The summed E-state index contributed by atoms with van der Waals surface area (Å²) in [5.41, 5.74) is 1.02. The lowest BCUT2D eigenvalue weighted by atomic mass is 10.0. The van der Waals surface area contributed by atoms with E-state index in [1.165, 1.54) is 19.2 Å². The predicted octanol–water partition coefficient (Wildman–Crippen LogP) is 3.13. The van der Waals surface area contributed by atoms with E-state index in [0.717, 1.165) is 5.56 Å². The number of benzene rings is 1. The summed E-state index contributed by atoms with van der Waals surface area (Å²) in [6.07, 6.45) is -0.675. The average molecular weight is 211 g/mol. The zero-order chi connectivity index (χ0) is 11.4. The Morgan fingerprint density at radius 3 is 2.60 bits per heavy atom. The van der Waals surface area contributed by atoms with Gasteiger partial charge in [0.15, 0.2) is 0 Å². The third kappa shape index (κ3) is 2.94. The fourth-order valence-electron chi connectivity index (χ4n) is 1.15. The first-order valence-corrected chi connectivity index (χ1v) is 4.69. The third-order valence-electron chi connectivity index (χ3n) is 2.08. The van der Waals surface area contributed by atoms with E-state index in [2.05, 4.69) is 10.1 Å². The fourth-order valence-corrected chi connectivity index (χ4v) is 1.15. The normalized spacial score (nSPS) is 10.2. The van der Waals surface area contributed by atoms with Gasteiger partial charge in [-0.05, 0) is 23.6 Å². The van der Waals surface area contributed by atoms with Crippen LogP contribution in [-0.4, -0.2) is 13.2 Å². The molecule has 15 heavy (non-hydrogen) atoms. The Kier molecular flexibility index (Phi) is 3.66. The zero-order valence-corrected chi connectivity index (χ0v) is 9.00. The summed E-state index contributed by atoms with van der Waals surface area (Å²) in [5.74, 6) is -0.196. The molecule has 1 amide bonds. The van der Waals surface area contributed by atoms with E-state index in [0.29, 0.717) is 0 Å². The summed E-state index contributed by atoms with van der Waals surface area (Å²) in [4.78, 5) is 10.9. The minimum atomic E-state index is -0.675. The van der Waals surface area contributed by atoms with Gasteiger partial charge in [0, 0.05) is 0 Å². The van der Waals surface area contributed by atoms with Crippen LogP contribution in [0.5, 0.6) is 0 Å². The Hall–Kier alpha value is -1.58. The average Bonchev–Trinajstić information content (AvgIpc) is 2.20. The number of methoxy groups -OCH3 is 1. The van der Waals surface area contributed by atoms with E-state index >= 15 is 0 Å². The molecule has 82 valence electrons. The number of hydrogen-bond acceptors (Lipinski definition) is 2. The van der Waals surface area contributed by atoms with E-state index in [1.807, 2.05) is 13.8 Å². The van der Waals surface area contributed by atoms with Crippen molar-refractivity contribution in [2.45, 2.75) is 19.8 Å². The second-order valence-corrected chi connectivity index (χ2v) is 3.51. The van der Waals surface area contributed by atoms with Gasteiger partial charge in [0.25, 0.3) is 0 Å². The molecular weight excluding hydrogens is 197 g/mol. The van der Waals surface area contributed by atoms with E-state index < -0.39 is 11.9 Å². The van der Waals surface area contributed by atoms with Crippen LogP contribution >= 0.6 is 0 Å². The second kappa shape index (κ2) is 4.77. The van der Waals surface area contributed by atoms with Gasteiger partial charge in [-0.15, -0.1) is 0 Å². The van der Waals surface area contributed by atoms with Crippen molar-refractivity contribution in [2.75, 3.05) is 12.4 Å². The van der Waals surface area contributed by atoms with Gasteiger partial charge in [0.05, 0.1) is 12.8 Å². The molecule has 4 heteroatoms. The number of hydrogen-bond donors (Lipinski definition) is 1. The van der Waals surface area contributed by atoms with E-state index in [9.17, 15) is 9.18 Å². The number of anilines is 1. The number of ether oxygens (including phenoxy) is 1. The smallest absolute Gasteiger partial charge is 0.411 e. The SMILES string of the molecule is COC(=O)Nc1ccc(C(C)C)cc1F. The van der Waals surface area contributed by atoms with Crippen molar-refractivity contribution in [3.05, 3.63) is 29.6 Å². The molecule has 0 unspecified atom stereocenters. The molecule has 0 heterocycles. The summed E-state index contributed by atoms with van der Waals surface area (Å²) in [7, 11) is 1.23. The highest BCUT2D eigenvalue weighted by Gasteiger charge is 2.08. The molecule has 1 aromatic carbocycles. The minimum Gasteiger partial charge on any atom is -0.453 e. The van der Waals surface area contributed by atoms with Crippen LogP contribution in [0.3, 0.4) is 0 Å². The maximum Gasteiger partial charge on any atom is 0.411 e. The van der Waals surface area contributed by atoms with Gasteiger partial charge in [0.2, 0.25) is 0 Å². The van der Waals surface area contributed by atoms with Gasteiger partial charge in [-0.3, -0.25) is 5.32 Å². The van der Waals surface area contributed by atoms with Crippen molar-refractivity contribution in [3.8, 4) is 0 Å². The molecule has 0 bridgehead atoms. The molecule has 0 aliphatic carbocycles. The number of rotatable bonds is 2. The molecule has 0 aliphatic rings. The van der Waals surface area contributed by atoms with E-state index in [4.69, 9.17) is 0 Å². The Labute approximate surface area is 88.2 Å². The van der Waals surface area contributed by atoms with Crippen LogP contribution in [0.4, 0.5) is 14.9 Å². The second-order valence-electron chi connectivity index (χ2n) is 3.51. The van der Waals surface area contributed by atoms with Gasteiger partial charge >= 0.3 is 6.09 Å². The molecule has 3 nitrogen and oxygen atoms in total. The standard InChI is InChI=1S/C11H14FNO2/c1-7(2)8-4-5-10(9(12)6-8)13-11(14)15-3/h4-7H,1-3H3,(H,13,14). The van der Waals surface area contributed by atoms with Crippen LogP contribution in [0.25, 0.3) is 0 Å². The van der Waals surface area contributed by atoms with Gasteiger partial charge < -0.3 is 4.74 Å². The lowest BCUT2D eigenvalue weighted by molar-refractivity contribution is 0.187. The Morgan fingerprint density at radius 1 is 1.47 bits per heavy atom. The molecule has 1 aromatic rings. The molecule has 0 saturated heterocycles. The summed E-state index contributed by atoms with van der Waals surface area (Å²) >= 11 is 0. The highest BCUT2D eigenvalue weighted by atomic mass is 19.1. The Balaban J connectivity index is 2.88. The van der Waals surface area contributed by atoms with Gasteiger partial charge in [0.1, 0.15) is 5.82 Å². The molecule has 0 aliphatic heterocycles. The molecule has 0 spiro atoms. The van der Waals surface area contributed by atoms with Crippen LogP contribution in [0.1, 0.15) is 25.3 Å². The summed E-state index contributed by atoms with van der Waals surface area (Å²) in [5, 5.41) is 2.29. The molecular formula is C11H14FNO2. The molecule has 0 aromatic heterocycles. The van der Waals surface area contributed by atoms with Crippen LogP contribution in [0, 0.1) is 5.82 Å². The number of carbonyl (C=O) groups excluding carboxylic acids is 1. The first-order chi connectivity index (χ1) is 7.04. The zero-order valence-electron chi connectivity index (χ0n) is 9.00. The van der Waals surface area contributed by atoms with E-state index in [-0.39, 0.29) is 11.6 Å². The first-order valence-electron chi connectivity index (χ1n) is 4.69. The summed E-state index contributed by atoms with van der Waals surface area (Å²) in [6, 6.07) is 4.72. The van der Waals surface area contributed by atoms with Crippen LogP contribution in [0.2, 0.25) is 0 Å². The summed E-state index contributed by atoms with van der Waals surface area (Å²) < 4.78 is 17.8. The molecule has 1 N–H and O–H groups in total. The number of amides is 1. The van der Waals surface area contributed by atoms with Crippen molar-refractivity contribution in [1.82, 2.24) is 0 Å². The topological polar surface area (TPSA) is 38.3 Å². The maximum absolute atomic E-state index is 13.4. The third-order valence-corrected chi connectivity index (χ3v) is 2.08. The number of carbonyl (C=O) groups is 1. The van der Waals surface area contributed by atoms with Crippen LogP contribution in [-0.2, 0) is 4.74 Å². The van der Waals surface area contributed by atoms with Gasteiger partial charge in [-0.1, -0.05) is 19.9 Å². The highest BCUT2D eigenvalue weighted by Crippen LogP contribution is 2.21. The quantitative estimate of drug-likeness (QED) is 0.816. The lowest BCUT2D eigenvalue weighted by Crippen LogP contribution is -2.12. The minimum absolute atomic E-state index is 0.131. The Morgan fingerprint density at radius 2 is 2.13 bits per heavy atom. The van der Waals surface area contributed by atoms with Gasteiger partial charge in [-0.25, -0.2) is 9.18 Å². The molecule has 0 radical (unpaired) electrons. The van der Waals surface area contributed by atoms with Crippen molar-refractivity contribution in [1.29, 1.82) is 0 Å². The highest BCUT2D eigenvalue weighted by molar-refractivity contribution is 5.84. The lowest BCUT2D eigenvalue weighted by Gasteiger charge is -2.09. The van der Waals surface area contributed by atoms with Crippen molar-refractivity contribution in [3.63, 3.8) is 0 Å². The monoisotopic (exact) mass is 211 g/mol. The molecule has 1 rings (SSSR count). The molecule has 0 fully saturated rings. The van der Waals surface area contributed by atoms with Gasteiger partial charge in [-0.2, -0.15) is 0 Å². The largest absolute Gasteiger partial charge is 0.453 e. The van der Waals surface area contributed by atoms with E-state index in [1.54, 1.807) is 6.07 Å². The summed E-state index contributed by atoms with van der Waals surface area (Å²) in [6.45, 7) is 3.95. The number of halogens is 1. The maximum atomic E-state index is 13.4. The van der Waals surface area contributed by atoms with Crippen molar-refractivity contribution < 1.29 is 13.9 Å². The van der Waals surface area contributed by atoms with Crippen LogP contribution < -0.4 is 5.32 Å². The van der Waals surface area contributed by atoms with Crippen molar-refractivity contribution in [2.24, 2.45) is 0 Å².